The Morgan fingerprint density at radius 1 is 0.806 bits per heavy atom. The second kappa shape index (κ2) is 8.78. The number of para-hydroxylation sites is 1. The van der Waals surface area contributed by atoms with Gasteiger partial charge in [0, 0.05) is 57.1 Å². The van der Waals surface area contributed by atoms with Crippen LogP contribution in [0.1, 0.15) is 6.42 Å². The van der Waals surface area contributed by atoms with E-state index >= 15 is 0 Å². The number of nitrogens with zero attached hydrogens (tertiary/aromatic N) is 4. The van der Waals surface area contributed by atoms with E-state index in [1.54, 1.807) is 0 Å². The zero-order valence-corrected chi connectivity index (χ0v) is 17.4. The maximum atomic E-state index is 12.7. The maximum Gasteiger partial charge on any atom is 0.228 e. The molecule has 2 saturated heterocycles. The zero-order valence-electron chi connectivity index (χ0n) is 17.4. The van der Waals surface area contributed by atoms with Crippen LogP contribution in [0.15, 0.2) is 79.0 Å². The fourth-order valence-electron chi connectivity index (χ4n) is 4.36. The Morgan fingerprint density at radius 2 is 1.52 bits per heavy atom. The van der Waals surface area contributed by atoms with Gasteiger partial charge in [-0.3, -0.25) is 9.69 Å². The SMILES string of the molecule is O=C1C[C@@H](N2CCN(c3ccccn3)CC2)CN1c1ccc(Oc2ccccc2)cc1. The zero-order chi connectivity index (χ0) is 21.0. The lowest BCUT2D eigenvalue weighted by Crippen LogP contribution is -2.51. The largest absolute Gasteiger partial charge is 0.457 e. The van der Waals surface area contributed by atoms with Crippen LogP contribution in [0.4, 0.5) is 11.5 Å². The molecule has 0 saturated carbocycles. The molecule has 6 nitrogen and oxygen atoms in total. The number of carbonyl (C=O) groups is 1. The van der Waals surface area contributed by atoms with Gasteiger partial charge in [0.05, 0.1) is 0 Å². The summed E-state index contributed by atoms with van der Waals surface area (Å²) in [5, 5.41) is 0. The number of aromatic nitrogens is 1. The van der Waals surface area contributed by atoms with E-state index in [1.807, 2.05) is 77.8 Å². The summed E-state index contributed by atoms with van der Waals surface area (Å²) < 4.78 is 5.86. The van der Waals surface area contributed by atoms with Gasteiger partial charge in [-0.25, -0.2) is 4.98 Å². The lowest BCUT2D eigenvalue weighted by Gasteiger charge is -2.38. The van der Waals surface area contributed by atoms with E-state index in [2.05, 4.69) is 20.9 Å². The minimum absolute atomic E-state index is 0.189. The van der Waals surface area contributed by atoms with Gasteiger partial charge in [-0.05, 0) is 48.5 Å². The molecule has 5 rings (SSSR count). The van der Waals surface area contributed by atoms with Crippen LogP contribution in [0.3, 0.4) is 0 Å². The van der Waals surface area contributed by atoms with Crippen molar-refractivity contribution >= 4 is 17.4 Å². The summed E-state index contributed by atoms with van der Waals surface area (Å²) in [7, 11) is 0. The predicted molar refractivity (Wildman–Crippen MR) is 122 cm³/mol. The molecule has 2 aliphatic heterocycles. The lowest BCUT2D eigenvalue weighted by atomic mass is 10.2. The third-order valence-electron chi connectivity index (χ3n) is 6.04. The molecule has 2 aliphatic rings. The quantitative estimate of drug-likeness (QED) is 0.636. The average Bonchev–Trinajstić information content (AvgIpc) is 3.22. The highest BCUT2D eigenvalue weighted by atomic mass is 16.5. The topological polar surface area (TPSA) is 48.9 Å². The minimum Gasteiger partial charge on any atom is -0.457 e. The lowest BCUT2D eigenvalue weighted by molar-refractivity contribution is -0.117. The van der Waals surface area contributed by atoms with Crippen molar-refractivity contribution in [1.29, 1.82) is 0 Å². The molecule has 2 fully saturated rings. The van der Waals surface area contributed by atoms with E-state index in [1.165, 1.54) is 0 Å². The molecule has 1 amide bonds. The van der Waals surface area contributed by atoms with Crippen LogP contribution < -0.4 is 14.5 Å². The highest BCUT2D eigenvalue weighted by Gasteiger charge is 2.35. The summed E-state index contributed by atoms with van der Waals surface area (Å²) in [4.78, 5) is 23.9. The van der Waals surface area contributed by atoms with E-state index in [9.17, 15) is 4.79 Å². The minimum atomic E-state index is 0.189. The Kier molecular flexibility index (Phi) is 5.54. The van der Waals surface area contributed by atoms with Crippen molar-refractivity contribution in [2.75, 3.05) is 42.5 Å². The summed E-state index contributed by atoms with van der Waals surface area (Å²) in [5.41, 5.74) is 0.931. The molecule has 0 spiro atoms. The first-order valence-electron chi connectivity index (χ1n) is 10.8. The second-order valence-corrected chi connectivity index (χ2v) is 7.98. The van der Waals surface area contributed by atoms with Gasteiger partial charge in [-0.2, -0.15) is 0 Å². The molecule has 0 unspecified atom stereocenters. The Bertz CT molecular complexity index is 1000. The molecule has 0 N–H and O–H groups in total. The van der Waals surface area contributed by atoms with Crippen molar-refractivity contribution in [2.45, 2.75) is 12.5 Å². The molecule has 1 atom stereocenters. The van der Waals surface area contributed by atoms with Crippen LogP contribution in [0, 0.1) is 0 Å². The molecule has 3 aromatic rings. The van der Waals surface area contributed by atoms with Crippen molar-refractivity contribution in [2.24, 2.45) is 0 Å². The molecule has 31 heavy (non-hydrogen) atoms. The van der Waals surface area contributed by atoms with Crippen molar-refractivity contribution in [1.82, 2.24) is 9.88 Å². The summed E-state index contributed by atoms with van der Waals surface area (Å²) in [6, 6.07) is 23.8. The summed E-state index contributed by atoms with van der Waals surface area (Å²) in [5.74, 6) is 2.79. The molecule has 158 valence electrons. The van der Waals surface area contributed by atoms with Gasteiger partial charge in [-0.15, -0.1) is 0 Å². The first-order chi connectivity index (χ1) is 15.3. The molecule has 0 bridgehead atoms. The van der Waals surface area contributed by atoms with Gasteiger partial charge >= 0.3 is 0 Å². The summed E-state index contributed by atoms with van der Waals surface area (Å²) in [6.45, 7) is 4.51. The van der Waals surface area contributed by atoms with E-state index in [-0.39, 0.29) is 11.9 Å². The Morgan fingerprint density at radius 3 is 2.23 bits per heavy atom. The van der Waals surface area contributed by atoms with Crippen LogP contribution in [-0.2, 0) is 4.79 Å². The molecule has 2 aromatic carbocycles. The average molecular weight is 415 g/mol. The van der Waals surface area contributed by atoms with Gasteiger partial charge in [0.25, 0.3) is 0 Å². The van der Waals surface area contributed by atoms with E-state index < -0.39 is 0 Å². The third kappa shape index (κ3) is 4.39. The van der Waals surface area contributed by atoms with Crippen LogP contribution in [0.25, 0.3) is 0 Å². The van der Waals surface area contributed by atoms with Crippen molar-refractivity contribution in [3.05, 3.63) is 79.0 Å². The van der Waals surface area contributed by atoms with Crippen LogP contribution in [0.5, 0.6) is 11.5 Å². The van der Waals surface area contributed by atoms with Crippen LogP contribution in [-0.4, -0.2) is 54.6 Å². The summed E-state index contributed by atoms with van der Waals surface area (Å²) in [6.07, 6.45) is 2.41. The molecular formula is C25H26N4O2. The molecule has 0 radical (unpaired) electrons. The van der Waals surface area contributed by atoms with Crippen molar-refractivity contribution in [3.8, 4) is 11.5 Å². The number of rotatable bonds is 5. The standard InChI is InChI=1S/C25H26N4O2/c30-25-18-21(27-14-16-28(17-15-27)24-8-4-5-13-26-24)19-29(25)20-9-11-23(12-10-20)31-22-6-2-1-3-7-22/h1-13,21H,14-19H2/t21-/m1/s1. The Labute approximate surface area is 182 Å². The van der Waals surface area contributed by atoms with E-state index in [0.717, 1.165) is 55.7 Å². The number of pyridine rings is 1. The monoisotopic (exact) mass is 414 g/mol. The fourth-order valence-corrected chi connectivity index (χ4v) is 4.36. The normalized spacial score (nSPS) is 19.6. The number of piperazine rings is 1. The molecule has 3 heterocycles. The number of anilines is 2. The van der Waals surface area contributed by atoms with Crippen molar-refractivity contribution < 1.29 is 9.53 Å². The first-order valence-corrected chi connectivity index (χ1v) is 10.8. The number of carbonyl (C=O) groups excluding carboxylic acids is 1. The first kappa shape index (κ1) is 19.6. The highest BCUT2D eigenvalue weighted by Crippen LogP contribution is 2.28. The molecule has 1 aromatic heterocycles. The Balaban J connectivity index is 1.19. The third-order valence-corrected chi connectivity index (χ3v) is 6.04. The van der Waals surface area contributed by atoms with Crippen molar-refractivity contribution in [3.63, 3.8) is 0 Å². The van der Waals surface area contributed by atoms with Gasteiger partial charge in [0.15, 0.2) is 0 Å². The molecule has 0 aliphatic carbocycles. The number of ether oxygens (including phenoxy) is 1. The van der Waals surface area contributed by atoms with Crippen LogP contribution in [0.2, 0.25) is 0 Å². The van der Waals surface area contributed by atoms with Gasteiger partial charge in [0.1, 0.15) is 17.3 Å². The molecular weight excluding hydrogens is 388 g/mol. The van der Waals surface area contributed by atoms with E-state index in [0.29, 0.717) is 6.42 Å². The number of amides is 1. The van der Waals surface area contributed by atoms with Crippen LogP contribution >= 0.6 is 0 Å². The number of hydrogen-bond donors (Lipinski definition) is 0. The predicted octanol–water partition coefficient (Wildman–Crippen LogP) is 3.80. The van der Waals surface area contributed by atoms with E-state index in [4.69, 9.17) is 4.74 Å². The smallest absolute Gasteiger partial charge is 0.228 e. The highest BCUT2D eigenvalue weighted by molar-refractivity contribution is 5.96. The fraction of sp³-hybridized carbons (Fsp3) is 0.280. The molecule has 6 heteroatoms. The second-order valence-electron chi connectivity index (χ2n) is 7.98. The van der Waals surface area contributed by atoms with Gasteiger partial charge in [0.2, 0.25) is 5.91 Å². The van der Waals surface area contributed by atoms with Gasteiger partial charge in [-0.1, -0.05) is 24.3 Å². The maximum absolute atomic E-state index is 12.7. The summed E-state index contributed by atoms with van der Waals surface area (Å²) >= 11 is 0. The van der Waals surface area contributed by atoms with Gasteiger partial charge < -0.3 is 14.5 Å². The number of hydrogen-bond acceptors (Lipinski definition) is 5. The number of benzene rings is 2. The Hall–Kier alpha value is -3.38.